The lowest BCUT2D eigenvalue weighted by Crippen LogP contribution is -2.17. The molecule has 1 aromatic rings. The number of ether oxygens (including phenoxy) is 1. The topological polar surface area (TPSA) is 64.3 Å². The molecule has 0 saturated carbocycles. The molecule has 1 rings (SSSR count). The predicted octanol–water partition coefficient (Wildman–Crippen LogP) is 1.90. The van der Waals surface area contributed by atoms with Gasteiger partial charge in [-0.1, -0.05) is 0 Å². The van der Waals surface area contributed by atoms with Crippen LogP contribution in [0.1, 0.15) is 12.8 Å². The summed E-state index contributed by atoms with van der Waals surface area (Å²) < 4.78 is 5.14. The van der Waals surface area contributed by atoms with E-state index in [0.29, 0.717) is 6.42 Å². The van der Waals surface area contributed by atoms with E-state index in [9.17, 15) is 4.79 Å². The van der Waals surface area contributed by atoms with E-state index in [1.807, 2.05) is 18.2 Å². The Hall–Kier alpha value is -1.36. The average molecular weight is 254 g/mol. The van der Waals surface area contributed by atoms with Crippen molar-refractivity contribution in [2.24, 2.45) is 0 Å². The maximum absolute atomic E-state index is 11.0. The Kier molecular flexibility index (Phi) is 5.69. The van der Waals surface area contributed by atoms with Gasteiger partial charge in [0.15, 0.2) is 0 Å². The van der Waals surface area contributed by atoms with Crippen molar-refractivity contribution in [3.05, 3.63) is 18.2 Å². The number of methoxy groups -OCH3 is 1. The molecule has 0 aliphatic rings. The fraction of sp³-hybridized carbons (Fsp3) is 0.417. The highest BCUT2D eigenvalue weighted by molar-refractivity contribution is 7.99. The van der Waals surface area contributed by atoms with Crippen LogP contribution in [0.4, 0.5) is 5.69 Å². The van der Waals surface area contributed by atoms with Crippen molar-refractivity contribution in [1.82, 2.24) is 5.32 Å². The number of carbonyl (C=O) groups is 1. The number of anilines is 1. The van der Waals surface area contributed by atoms with Crippen LogP contribution in [0.15, 0.2) is 23.1 Å². The van der Waals surface area contributed by atoms with E-state index < -0.39 is 0 Å². The van der Waals surface area contributed by atoms with E-state index >= 15 is 0 Å². The summed E-state index contributed by atoms with van der Waals surface area (Å²) in [6.07, 6.45) is 1.38. The number of hydrogen-bond donors (Lipinski definition) is 2. The van der Waals surface area contributed by atoms with Crippen LogP contribution in [0.5, 0.6) is 5.75 Å². The number of benzene rings is 1. The molecule has 3 N–H and O–H groups in total. The van der Waals surface area contributed by atoms with Crippen LogP contribution in [0.2, 0.25) is 0 Å². The van der Waals surface area contributed by atoms with Crippen molar-refractivity contribution >= 4 is 23.4 Å². The molecule has 0 radical (unpaired) electrons. The lowest BCUT2D eigenvalue weighted by atomic mass is 10.3. The smallest absolute Gasteiger partial charge is 0.219 e. The first kappa shape index (κ1) is 13.7. The van der Waals surface area contributed by atoms with E-state index in [4.69, 9.17) is 10.5 Å². The van der Waals surface area contributed by atoms with Crippen molar-refractivity contribution in [3.8, 4) is 5.75 Å². The molecule has 1 aromatic carbocycles. The fourth-order valence-electron chi connectivity index (χ4n) is 1.31. The summed E-state index contributed by atoms with van der Waals surface area (Å²) in [7, 11) is 3.28. The van der Waals surface area contributed by atoms with Crippen molar-refractivity contribution in [1.29, 1.82) is 0 Å². The number of nitrogens with two attached hydrogens (primary N) is 1. The third-order valence-electron chi connectivity index (χ3n) is 2.31. The number of nitrogen functional groups attached to an aromatic ring is 1. The van der Waals surface area contributed by atoms with Gasteiger partial charge in [-0.3, -0.25) is 4.79 Å². The van der Waals surface area contributed by atoms with Gasteiger partial charge in [0.25, 0.3) is 0 Å². The quantitative estimate of drug-likeness (QED) is 0.462. The zero-order valence-corrected chi connectivity index (χ0v) is 11.0. The van der Waals surface area contributed by atoms with Gasteiger partial charge < -0.3 is 15.8 Å². The summed E-state index contributed by atoms with van der Waals surface area (Å²) in [6, 6.07) is 5.59. The monoisotopic (exact) mass is 254 g/mol. The maximum Gasteiger partial charge on any atom is 0.219 e. The summed E-state index contributed by atoms with van der Waals surface area (Å²) in [5, 5.41) is 2.60. The van der Waals surface area contributed by atoms with E-state index in [-0.39, 0.29) is 5.91 Å². The van der Waals surface area contributed by atoms with Crippen LogP contribution in [-0.2, 0) is 4.79 Å². The third-order valence-corrected chi connectivity index (χ3v) is 3.46. The molecule has 0 atom stereocenters. The van der Waals surface area contributed by atoms with Gasteiger partial charge in [0.05, 0.1) is 7.11 Å². The first-order chi connectivity index (χ1) is 8.17. The van der Waals surface area contributed by atoms with Crippen LogP contribution >= 0.6 is 11.8 Å². The number of hydrogen-bond acceptors (Lipinski definition) is 4. The van der Waals surface area contributed by atoms with Crippen molar-refractivity contribution in [2.45, 2.75) is 17.7 Å². The van der Waals surface area contributed by atoms with Crippen LogP contribution in [0.3, 0.4) is 0 Å². The van der Waals surface area contributed by atoms with Gasteiger partial charge in [0.1, 0.15) is 5.75 Å². The van der Waals surface area contributed by atoms with Gasteiger partial charge in [-0.15, -0.1) is 11.8 Å². The molecule has 1 amide bonds. The van der Waals surface area contributed by atoms with Gasteiger partial charge in [-0.2, -0.15) is 0 Å². The summed E-state index contributed by atoms with van der Waals surface area (Å²) in [5.41, 5.74) is 6.60. The highest BCUT2D eigenvalue weighted by Gasteiger charge is 2.03. The Morgan fingerprint density at radius 2 is 2.29 bits per heavy atom. The Balaban J connectivity index is 2.43. The molecule has 0 bridgehead atoms. The van der Waals surface area contributed by atoms with E-state index in [0.717, 1.165) is 28.5 Å². The highest BCUT2D eigenvalue weighted by Crippen LogP contribution is 2.29. The van der Waals surface area contributed by atoms with Crippen molar-refractivity contribution < 1.29 is 9.53 Å². The second-order valence-electron chi connectivity index (χ2n) is 3.53. The number of rotatable bonds is 6. The van der Waals surface area contributed by atoms with Gasteiger partial charge in [-0.05, 0) is 30.4 Å². The normalized spacial score (nSPS) is 10.0. The second kappa shape index (κ2) is 7.06. The second-order valence-corrected chi connectivity index (χ2v) is 4.67. The molecule has 0 aromatic heterocycles. The van der Waals surface area contributed by atoms with E-state index in [1.54, 1.807) is 25.9 Å². The zero-order valence-electron chi connectivity index (χ0n) is 10.2. The van der Waals surface area contributed by atoms with Crippen molar-refractivity contribution in [3.63, 3.8) is 0 Å². The molecule has 4 nitrogen and oxygen atoms in total. The molecule has 17 heavy (non-hydrogen) atoms. The minimum absolute atomic E-state index is 0.0733. The first-order valence-corrected chi connectivity index (χ1v) is 6.43. The Morgan fingerprint density at radius 1 is 1.53 bits per heavy atom. The molecular weight excluding hydrogens is 236 g/mol. The minimum atomic E-state index is 0.0733. The Morgan fingerprint density at radius 3 is 2.94 bits per heavy atom. The molecule has 0 unspecified atom stereocenters. The van der Waals surface area contributed by atoms with Gasteiger partial charge >= 0.3 is 0 Å². The summed E-state index contributed by atoms with van der Waals surface area (Å²) in [4.78, 5) is 12.0. The summed E-state index contributed by atoms with van der Waals surface area (Å²) >= 11 is 1.64. The minimum Gasteiger partial charge on any atom is -0.497 e. The third kappa shape index (κ3) is 4.56. The van der Waals surface area contributed by atoms with Gasteiger partial charge in [-0.25, -0.2) is 0 Å². The SMILES string of the molecule is CNC(=O)CCCSc1cc(OC)ccc1N. The Labute approximate surface area is 106 Å². The predicted molar refractivity (Wildman–Crippen MR) is 71.4 cm³/mol. The largest absolute Gasteiger partial charge is 0.497 e. The van der Waals surface area contributed by atoms with E-state index in [2.05, 4.69) is 5.32 Å². The maximum atomic E-state index is 11.0. The molecule has 5 heteroatoms. The highest BCUT2D eigenvalue weighted by atomic mass is 32.2. The first-order valence-electron chi connectivity index (χ1n) is 5.44. The molecule has 0 spiro atoms. The number of nitrogens with one attached hydrogen (secondary N) is 1. The van der Waals surface area contributed by atoms with Crippen molar-refractivity contribution in [2.75, 3.05) is 25.6 Å². The lowest BCUT2D eigenvalue weighted by Gasteiger charge is -2.07. The lowest BCUT2D eigenvalue weighted by molar-refractivity contribution is -0.120. The summed E-state index contributed by atoms with van der Waals surface area (Å²) in [6.45, 7) is 0. The van der Waals surface area contributed by atoms with Gasteiger partial charge in [0, 0.05) is 24.1 Å². The molecule has 0 aliphatic carbocycles. The van der Waals surface area contributed by atoms with Crippen LogP contribution in [0.25, 0.3) is 0 Å². The molecule has 0 fully saturated rings. The fourth-order valence-corrected chi connectivity index (χ4v) is 2.25. The zero-order chi connectivity index (χ0) is 12.7. The standard InChI is InChI=1S/C12H18N2O2S/c1-14-12(15)4-3-7-17-11-8-9(16-2)5-6-10(11)13/h5-6,8H,3-4,7,13H2,1-2H3,(H,14,15). The molecular formula is C12H18N2O2S. The number of thioether (sulfide) groups is 1. The molecule has 0 heterocycles. The Bertz CT molecular complexity index is 383. The van der Waals surface area contributed by atoms with Crippen LogP contribution < -0.4 is 15.8 Å². The molecule has 94 valence electrons. The van der Waals surface area contributed by atoms with Crippen LogP contribution in [-0.4, -0.2) is 25.8 Å². The van der Waals surface area contributed by atoms with Crippen LogP contribution in [0, 0.1) is 0 Å². The molecule has 0 saturated heterocycles. The van der Waals surface area contributed by atoms with E-state index in [1.165, 1.54) is 0 Å². The number of carbonyl (C=O) groups excluding carboxylic acids is 1. The van der Waals surface area contributed by atoms with Gasteiger partial charge in [0.2, 0.25) is 5.91 Å². The average Bonchev–Trinajstić information content (AvgIpc) is 2.36. The molecule has 0 aliphatic heterocycles. The summed E-state index contributed by atoms with van der Waals surface area (Å²) in [5.74, 6) is 1.74. The number of amides is 1.